The number of aromatic nitrogens is 4. The third-order valence-electron chi connectivity index (χ3n) is 4.47. The summed E-state index contributed by atoms with van der Waals surface area (Å²) >= 11 is 0. The van der Waals surface area contributed by atoms with Crippen LogP contribution in [0, 0.1) is 0 Å². The second-order valence-corrected chi connectivity index (χ2v) is 6.30. The van der Waals surface area contributed by atoms with Gasteiger partial charge in [-0.3, -0.25) is 0 Å². The van der Waals surface area contributed by atoms with E-state index in [4.69, 9.17) is 15.5 Å². The maximum Gasteiger partial charge on any atom is 0.337 e. The average Bonchev–Trinajstić information content (AvgIpc) is 2.78. The van der Waals surface area contributed by atoms with Gasteiger partial charge in [-0.2, -0.15) is 9.97 Å². The normalized spacial score (nSPS) is 10.7. The summed E-state index contributed by atoms with van der Waals surface area (Å²) in [5.74, 6) is 0.227. The van der Waals surface area contributed by atoms with Crippen LogP contribution < -0.4 is 10.6 Å². The number of nitrogen functional groups attached to an aromatic ring is 1. The number of hydrogen-bond acceptors (Lipinski definition) is 8. The predicted octanol–water partition coefficient (Wildman–Crippen LogP) is 3.22. The van der Waals surface area contributed by atoms with Crippen molar-refractivity contribution in [2.75, 3.05) is 24.8 Å². The Kier molecular flexibility index (Phi) is 4.74. The highest BCUT2D eigenvalue weighted by molar-refractivity contribution is 5.91. The molecule has 0 spiro atoms. The van der Waals surface area contributed by atoms with E-state index in [1.807, 2.05) is 42.3 Å². The summed E-state index contributed by atoms with van der Waals surface area (Å²) in [6.45, 7) is 0. The molecule has 0 radical (unpaired) electrons. The van der Waals surface area contributed by atoms with Gasteiger partial charge in [0.2, 0.25) is 5.95 Å². The summed E-state index contributed by atoms with van der Waals surface area (Å²) < 4.78 is 4.74. The van der Waals surface area contributed by atoms with Crippen molar-refractivity contribution in [3.8, 4) is 11.3 Å². The number of nitrogens with zero attached hydrogens (tertiary/aromatic N) is 5. The molecule has 0 aliphatic rings. The van der Waals surface area contributed by atoms with Crippen LogP contribution in [0.1, 0.15) is 10.4 Å². The van der Waals surface area contributed by atoms with Crippen LogP contribution in [0.5, 0.6) is 0 Å². The molecule has 0 atom stereocenters. The molecule has 0 saturated carbocycles. The first-order valence-corrected chi connectivity index (χ1v) is 8.84. The van der Waals surface area contributed by atoms with Crippen LogP contribution in [0.2, 0.25) is 0 Å². The van der Waals surface area contributed by atoms with Crippen LogP contribution in [0.25, 0.3) is 22.4 Å². The van der Waals surface area contributed by atoms with Gasteiger partial charge in [-0.25, -0.2) is 14.8 Å². The molecule has 4 rings (SSSR count). The van der Waals surface area contributed by atoms with Gasteiger partial charge in [-0.1, -0.05) is 30.3 Å². The van der Waals surface area contributed by atoms with Crippen molar-refractivity contribution in [1.29, 1.82) is 0 Å². The van der Waals surface area contributed by atoms with Gasteiger partial charge in [0.05, 0.1) is 24.6 Å². The molecule has 0 aliphatic carbocycles. The molecule has 4 aromatic rings. The Morgan fingerprint density at radius 3 is 2.41 bits per heavy atom. The Balaban J connectivity index is 1.80. The molecule has 0 aliphatic heterocycles. The fourth-order valence-corrected chi connectivity index (χ4v) is 2.95. The topological polar surface area (TPSA) is 107 Å². The largest absolute Gasteiger partial charge is 0.465 e. The minimum atomic E-state index is -0.394. The molecule has 2 aromatic carbocycles. The van der Waals surface area contributed by atoms with E-state index in [9.17, 15) is 4.79 Å². The van der Waals surface area contributed by atoms with Crippen LogP contribution in [-0.4, -0.2) is 40.1 Å². The quantitative estimate of drug-likeness (QED) is 0.533. The lowest BCUT2D eigenvalue weighted by Gasteiger charge is -2.20. The van der Waals surface area contributed by atoms with Crippen molar-refractivity contribution in [3.05, 3.63) is 66.4 Å². The van der Waals surface area contributed by atoms with Crippen molar-refractivity contribution < 1.29 is 9.53 Å². The molecular formula is C21H18N6O2. The Hall–Kier alpha value is -4.07. The van der Waals surface area contributed by atoms with E-state index in [1.54, 1.807) is 30.5 Å². The van der Waals surface area contributed by atoms with E-state index in [1.165, 1.54) is 7.11 Å². The lowest BCUT2D eigenvalue weighted by atomic mass is 10.1. The standard InChI is InChI=1S/C21H18N6O2/c1-27(15-10-8-14(9-11-15)20(28)29-2)19-17-18(25-21(22)26-19)23-12-16(24-17)13-6-4-3-5-7-13/h3-12H,1-2H3,(H2,22,23,25,26). The molecule has 144 valence electrons. The molecule has 29 heavy (non-hydrogen) atoms. The smallest absolute Gasteiger partial charge is 0.337 e. The Bertz CT molecular complexity index is 1180. The number of methoxy groups -OCH3 is 1. The van der Waals surface area contributed by atoms with Gasteiger partial charge < -0.3 is 15.4 Å². The van der Waals surface area contributed by atoms with Crippen molar-refractivity contribution in [1.82, 2.24) is 19.9 Å². The summed E-state index contributed by atoms with van der Waals surface area (Å²) in [5, 5.41) is 0. The third-order valence-corrected chi connectivity index (χ3v) is 4.47. The number of nitrogens with two attached hydrogens (primary N) is 1. The zero-order valence-corrected chi connectivity index (χ0v) is 15.9. The maximum absolute atomic E-state index is 11.7. The van der Waals surface area contributed by atoms with E-state index < -0.39 is 5.97 Å². The first kappa shape index (κ1) is 18.3. The molecular weight excluding hydrogens is 368 g/mol. The van der Waals surface area contributed by atoms with E-state index in [0.717, 1.165) is 11.3 Å². The fourth-order valence-electron chi connectivity index (χ4n) is 2.95. The molecule has 0 unspecified atom stereocenters. The molecule has 2 N–H and O–H groups in total. The molecule has 2 aromatic heterocycles. The highest BCUT2D eigenvalue weighted by Gasteiger charge is 2.16. The summed E-state index contributed by atoms with van der Waals surface area (Å²) in [6, 6.07) is 16.7. The summed E-state index contributed by atoms with van der Waals surface area (Å²) in [6.07, 6.45) is 1.67. The number of benzene rings is 2. The van der Waals surface area contributed by atoms with Crippen molar-refractivity contribution >= 4 is 34.6 Å². The van der Waals surface area contributed by atoms with E-state index in [0.29, 0.717) is 28.2 Å². The van der Waals surface area contributed by atoms with Gasteiger partial charge in [0, 0.05) is 18.3 Å². The van der Waals surface area contributed by atoms with Crippen LogP contribution in [0.15, 0.2) is 60.8 Å². The highest BCUT2D eigenvalue weighted by Crippen LogP contribution is 2.29. The molecule has 8 heteroatoms. The number of carbonyl (C=O) groups is 1. The number of anilines is 3. The van der Waals surface area contributed by atoms with Gasteiger partial charge in [0.15, 0.2) is 17.0 Å². The van der Waals surface area contributed by atoms with E-state index in [2.05, 4.69) is 15.0 Å². The van der Waals surface area contributed by atoms with E-state index in [-0.39, 0.29) is 5.95 Å². The van der Waals surface area contributed by atoms with Crippen LogP contribution in [0.3, 0.4) is 0 Å². The molecule has 0 saturated heterocycles. The Morgan fingerprint density at radius 2 is 1.72 bits per heavy atom. The number of ether oxygens (including phenoxy) is 1. The Morgan fingerprint density at radius 1 is 1.00 bits per heavy atom. The number of esters is 1. The van der Waals surface area contributed by atoms with Gasteiger partial charge in [0.25, 0.3) is 0 Å². The number of carbonyl (C=O) groups excluding carboxylic acids is 1. The lowest BCUT2D eigenvalue weighted by molar-refractivity contribution is 0.0601. The molecule has 0 bridgehead atoms. The zero-order chi connectivity index (χ0) is 20.4. The zero-order valence-electron chi connectivity index (χ0n) is 15.9. The minimum absolute atomic E-state index is 0.104. The van der Waals surface area contributed by atoms with Crippen molar-refractivity contribution in [2.45, 2.75) is 0 Å². The molecule has 2 heterocycles. The van der Waals surface area contributed by atoms with Crippen molar-refractivity contribution in [3.63, 3.8) is 0 Å². The molecule has 8 nitrogen and oxygen atoms in total. The number of fused-ring (bicyclic) bond motifs is 1. The van der Waals surface area contributed by atoms with Gasteiger partial charge >= 0.3 is 5.97 Å². The maximum atomic E-state index is 11.7. The molecule has 0 amide bonds. The number of hydrogen-bond donors (Lipinski definition) is 1. The molecule has 0 fully saturated rings. The van der Waals surface area contributed by atoms with Crippen LogP contribution in [-0.2, 0) is 4.74 Å². The minimum Gasteiger partial charge on any atom is -0.465 e. The summed E-state index contributed by atoms with van der Waals surface area (Å²) in [4.78, 5) is 31.2. The lowest BCUT2D eigenvalue weighted by Crippen LogP contribution is -2.15. The Labute approximate surface area is 167 Å². The van der Waals surface area contributed by atoms with Crippen LogP contribution >= 0.6 is 0 Å². The van der Waals surface area contributed by atoms with Crippen molar-refractivity contribution in [2.24, 2.45) is 0 Å². The summed E-state index contributed by atoms with van der Waals surface area (Å²) in [5.41, 5.74) is 9.74. The second kappa shape index (κ2) is 7.51. The van der Waals surface area contributed by atoms with E-state index >= 15 is 0 Å². The first-order valence-electron chi connectivity index (χ1n) is 8.84. The monoisotopic (exact) mass is 386 g/mol. The highest BCUT2D eigenvalue weighted by atomic mass is 16.5. The second-order valence-electron chi connectivity index (χ2n) is 6.30. The predicted molar refractivity (Wildman–Crippen MR) is 111 cm³/mol. The summed E-state index contributed by atoms with van der Waals surface area (Å²) in [7, 11) is 3.19. The van der Waals surface area contributed by atoms with Gasteiger partial charge in [-0.05, 0) is 24.3 Å². The SMILES string of the molecule is COC(=O)c1ccc(N(C)c2nc(N)nc3ncc(-c4ccccc4)nc23)cc1. The van der Waals surface area contributed by atoms with Gasteiger partial charge in [-0.15, -0.1) is 0 Å². The van der Waals surface area contributed by atoms with Crippen LogP contribution in [0.4, 0.5) is 17.5 Å². The third kappa shape index (κ3) is 3.55. The fraction of sp³-hybridized carbons (Fsp3) is 0.0952. The first-order chi connectivity index (χ1) is 14.1. The number of rotatable bonds is 4. The van der Waals surface area contributed by atoms with Gasteiger partial charge in [0.1, 0.15) is 0 Å². The average molecular weight is 386 g/mol.